The Bertz CT molecular complexity index is 584. The first-order valence-electron chi connectivity index (χ1n) is 5.85. The molecule has 1 aliphatic carbocycles. The van der Waals surface area contributed by atoms with Crippen molar-refractivity contribution in [2.45, 2.75) is 57.7 Å². The van der Waals surface area contributed by atoms with Crippen LogP contribution in [0.5, 0.6) is 0 Å². The van der Waals surface area contributed by atoms with Gasteiger partial charge < -0.3 is 0 Å². The van der Waals surface area contributed by atoms with Crippen LogP contribution < -0.4 is 0 Å². The fourth-order valence-electron chi connectivity index (χ4n) is 2.20. The maximum atomic E-state index is 11.6. The molecule has 5 nitrogen and oxygen atoms in total. The van der Waals surface area contributed by atoms with E-state index >= 15 is 0 Å². The van der Waals surface area contributed by atoms with Crippen LogP contribution in [0.2, 0.25) is 0 Å². The average molecular weight is 292 g/mol. The topological polar surface area (TPSA) is 64.8 Å². The van der Waals surface area contributed by atoms with E-state index in [0.29, 0.717) is 5.82 Å². The van der Waals surface area contributed by atoms with E-state index < -0.39 is 14.6 Å². The van der Waals surface area contributed by atoms with Gasteiger partial charge in [-0.15, -0.1) is 10.2 Å². The minimum atomic E-state index is -3.88. The van der Waals surface area contributed by atoms with Crippen molar-refractivity contribution < 1.29 is 8.42 Å². The van der Waals surface area contributed by atoms with Crippen molar-refractivity contribution in [3.63, 3.8) is 0 Å². The SMILES string of the molecule is CC1(C)CC1c1nnc(S(=O)(=O)Cl)n1C(C)(C)C. The Balaban J connectivity index is 2.61. The Kier molecular flexibility index (Phi) is 2.83. The third kappa shape index (κ3) is 2.28. The highest BCUT2D eigenvalue weighted by molar-refractivity contribution is 8.13. The molecule has 1 atom stereocenters. The van der Waals surface area contributed by atoms with Crippen LogP contribution in [0.3, 0.4) is 0 Å². The van der Waals surface area contributed by atoms with Crippen LogP contribution in [0.4, 0.5) is 0 Å². The number of halogens is 1. The minimum Gasteiger partial charge on any atom is -0.295 e. The van der Waals surface area contributed by atoms with Crippen molar-refractivity contribution in [3.05, 3.63) is 5.82 Å². The molecular weight excluding hydrogens is 274 g/mol. The summed E-state index contributed by atoms with van der Waals surface area (Å²) < 4.78 is 24.8. The molecule has 1 unspecified atom stereocenters. The summed E-state index contributed by atoms with van der Waals surface area (Å²) in [5.41, 5.74) is -0.266. The van der Waals surface area contributed by atoms with Gasteiger partial charge >= 0.3 is 0 Å². The number of nitrogens with zero attached hydrogens (tertiary/aromatic N) is 3. The van der Waals surface area contributed by atoms with Crippen LogP contribution >= 0.6 is 10.7 Å². The van der Waals surface area contributed by atoms with E-state index in [1.54, 1.807) is 4.57 Å². The van der Waals surface area contributed by atoms with Crippen molar-refractivity contribution in [1.29, 1.82) is 0 Å². The molecule has 0 saturated heterocycles. The molecule has 0 aliphatic heterocycles. The van der Waals surface area contributed by atoms with Crippen LogP contribution in [0.25, 0.3) is 0 Å². The van der Waals surface area contributed by atoms with Crippen LogP contribution in [-0.2, 0) is 14.6 Å². The standard InChI is InChI=1S/C11H18ClN3O2S/c1-10(2,3)15-8(7-6-11(7,4)5)13-14-9(15)18(12,16)17/h7H,6H2,1-5H3. The maximum Gasteiger partial charge on any atom is 0.296 e. The summed E-state index contributed by atoms with van der Waals surface area (Å²) in [5, 5.41) is 7.67. The average Bonchev–Trinajstić information content (AvgIpc) is 2.60. The number of hydrogen-bond acceptors (Lipinski definition) is 4. The second-order valence-corrected chi connectivity index (χ2v) is 8.99. The molecule has 1 aromatic rings. The zero-order valence-electron chi connectivity index (χ0n) is 11.2. The molecule has 1 heterocycles. The van der Waals surface area contributed by atoms with Crippen molar-refractivity contribution in [1.82, 2.24) is 14.8 Å². The van der Waals surface area contributed by atoms with Gasteiger partial charge in [0.05, 0.1) is 0 Å². The normalized spacial score (nSPS) is 23.1. The molecule has 0 spiro atoms. The summed E-state index contributed by atoms with van der Waals surface area (Å²) in [6.07, 6.45) is 0.990. The number of hydrogen-bond donors (Lipinski definition) is 0. The van der Waals surface area contributed by atoms with Gasteiger partial charge in [0.15, 0.2) is 0 Å². The molecule has 1 aliphatic rings. The lowest BCUT2D eigenvalue weighted by molar-refractivity contribution is 0.347. The molecule has 2 rings (SSSR count). The lowest BCUT2D eigenvalue weighted by Gasteiger charge is -2.24. The molecule has 1 saturated carbocycles. The molecule has 0 bridgehead atoms. The largest absolute Gasteiger partial charge is 0.296 e. The third-order valence-corrected chi connectivity index (χ3v) is 4.49. The zero-order valence-corrected chi connectivity index (χ0v) is 12.8. The quantitative estimate of drug-likeness (QED) is 0.785. The molecule has 0 aromatic carbocycles. The monoisotopic (exact) mass is 291 g/mol. The predicted molar refractivity (Wildman–Crippen MR) is 69.2 cm³/mol. The molecular formula is C11H18ClN3O2S. The molecule has 0 amide bonds. The summed E-state index contributed by atoms with van der Waals surface area (Å²) in [5.74, 6) is 0.961. The summed E-state index contributed by atoms with van der Waals surface area (Å²) >= 11 is 0. The highest BCUT2D eigenvalue weighted by Crippen LogP contribution is 2.58. The van der Waals surface area contributed by atoms with Crippen LogP contribution in [0, 0.1) is 5.41 Å². The van der Waals surface area contributed by atoms with Gasteiger partial charge in [-0.05, 0) is 32.6 Å². The fourth-order valence-corrected chi connectivity index (χ4v) is 3.23. The summed E-state index contributed by atoms with van der Waals surface area (Å²) in [6.45, 7) is 10.0. The van der Waals surface area contributed by atoms with Gasteiger partial charge in [0, 0.05) is 22.1 Å². The summed E-state index contributed by atoms with van der Waals surface area (Å²) in [7, 11) is 1.55. The second-order valence-electron chi connectivity index (χ2n) is 6.53. The molecule has 18 heavy (non-hydrogen) atoms. The Hall–Kier alpha value is -0.620. The van der Waals surface area contributed by atoms with E-state index in [-0.39, 0.29) is 16.5 Å². The third-order valence-electron chi connectivity index (χ3n) is 3.37. The van der Waals surface area contributed by atoms with Crippen LogP contribution in [0.15, 0.2) is 5.16 Å². The van der Waals surface area contributed by atoms with Crippen LogP contribution in [-0.4, -0.2) is 23.2 Å². The molecule has 0 N–H and O–H groups in total. The Labute approximate surface area is 112 Å². The van der Waals surface area contributed by atoms with Crippen LogP contribution in [0.1, 0.15) is 52.8 Å². The first-order valence-corrected chi connectivity index (χ1v) is 8.16. The van der Waals surface area contributed by atoms with Gasteiger partial charge in [-0.2, -0.15) is 0 Å². The Morgan fingerprint density at radius 1 is 1.33 bits per heavy atom. The highest BCUT2D eigenvalue weighted by Gasteiger charge is 2.51. The van der Waals surface area contributed by atoms with Gasteiger partial charge in [0.2, 0.25) is 0 Å². The highest BCUT2D eigenvalue weighted by atomic mass is 35.7. The fraction of sp³-hybridized carbons (Fsp3) is 0.818. The maximum absolute atomic E-state index is 11.6. The minimum absolute atomic E-state index is 0.156. The molecule has 0 radical (unpaired) electrons. The lowest BCUT2D eigenvalue weighted by atomic mass is 10.1. The van der Waals surface area contributed by atoms with E-state index in [1.165, 1.54) is 0 Å². The second kappa shape index (κ2) is 3.70. The first-order chi connectivity index (χ1) is 7.94. The molecule has 1 fully saturated rings. The van der Waals surface area contributed by atoms with E-state index in [2.05, 4.69) is 24.0 Å². The first kappa shape index (κ1) is 13.8. The molecule has 102 valence electrons. The Morgan fingerprint density at radius 2 is 1.83 bits per heavy atom. The zero-order chi connectivity index (χ0) is 13.9. The smallest absolute Gasteiger partial charge is 0.295 e. The van der Waals surface area contributed by atoms with Crippen molar-refractivity contribution >= 4 is 19.7 Å². The lowest BCUT2D eigenvalue weighted by Crippen LogP contribution is -2.27. The molecule has 7 heteroatoms. The summed E-state index contributed by atoms with van der Waals surface area (Å²) in [6, 6.07) is 0. The van der Waals surface area contributed by atoms with Gasteiger partial charge in [0.1, 0.15) is 5.82 Å². The van der Waals surface area contributed by atoms with Crippen molar-refractivity contribution in [3.8, 4) is 0 Å². The van der Waals surface area contributed by atoms with Gasteiger partial charge in [0.25, 0.3) is 14.2 Å². The predicted octanol–water partition coefficient (Wildman–Crippen LogP) is 2.47. The van der Waals surface area contributed by atoms with Crippen molar-refractivity contribution in [2.75, 3.05) is 0 Å². The van der Waals surface area contributed by atoms with E-state index in [0.717, 1.165) is 6.42 Å². The van der Waals surface area contributed by atoms with Gasteiger partial charge in [-0.25, -0.2) is 8.42 Å². The Morgan fingerprint density at radius 3 is 2.17 bits per heavy atom. The van der Waals surface area contributed by atoms with Gasteiger partial charge in [-0.1, -0.05) is 13.8 Å². The number of aromatic nitrogens is 3. The summed E-state index contributed by atoms with van der Waals surface area (Å²) in [4.78, 5) is 0. The van der Waals surface area contributed by atoms with Crippen molar-refractivity contribution in [2.24, 2.45) is 5.41 Å². The van der Waals surface area contributed by atoms with E-state index in [1.807, 2.05) is 20.8 Å². The van der Waals surface area contributed by atoms with E-state index in [9.17, 15) is 8.42 Å². The van der Waals surface area contributed by atoms with E-state index in [4.69, 9.17) is 10.7 Å². The molecule has 1 aromatic heterocycles. The number of rotatable bonds is 2. The van der Waals surface area contributed by atoms with Gasteiger partial charge in [-0.3, -0.25) is 4.57 Å².